The van der Waals surface area contributed by atoms with E-state index in [1.807, 2.05) is 17.9 Å². The number of alkyl halides is 3. The summed E-state index contributed by atoms with van der Waals surface area (Å²) in [5.41, 5.74) is 0.305. The van der Waals surface area contributed by atoms with Crippen molar-refractivity contribution < 1.29 is 22.5 Å². The van der Waals surface area contributed by atoms with Gasteiger partial charge in [0.05, 0.1) is 4.88 Å². The summed E-state index contributed by atoms with van der Waals surface area (Å²) < 4.78 is 41.7. The van der Waals surface area contributed by atoms with Gasteiger partial charge in [-0.15, -0.1) is 11.3 Å². The number of rotatable bonds is 3. The summed E-state index contributed by atoms with van der Waals surface area (Å²) in [6.07, 6.45) is -1.06. The van der Waals surface area contributed by atoms with Gasteiger partial charge in [-0.25, -0.2) is 0 Å². The number of likely N-dealkylation sites (N-methyl/N-ethyl adjacent to an activating group) is 1. The van der Waals surface area contributed by atoms with Gasteiger partial charge >= 0.3 is 6.18 Å². The van der Waals surface area contributed by atoms with Crippen molar-refractivity contribution >= 4 is 17.7 Å². The van der Waals surface area contributed by atoms with E-state index in [0.717, 1.165) is 57.0 Å². The van der Waals surface area contributed by atoms with Crippen LogP contribution in [-0.4, -0.2) is 78.6 Å². The number of thiophene rings is 1. The molecular formula is C21H29F3N4O2S. The average molecular weight is 459 g/mol. The molecule has 2 aliphatic heterocycles. The standard InChI is InChI=1S/C11H21N3O.C10H8F3NOS/c1-12-5-7-14(8-6-12)11-3-2-4-13(9-11)10-15;1-5-3-4-7(16-5)8-6(2)9(15-14-8)10(11,12)13/h10-11H,2-9H2,1H3;3-4H,1-2H3. The number of likely N-dealkylation sites (tertiary alicyclic amines) is 1. The minimum absolute atomic E-state index is 0.0364. The van der Waals surface area contributed by atoms with Crippen LogP contribution in [0.5, 0.6) is 0 Å². The number of hydrogen-bond donors (Lipinski definition) is 0. The molecule has 0 saturated carbocycles. The summed E-state index contributed by atoms with van der Waals surface area (Å²) in [4.78, 5) is 19.3. The zero-order chi connectivity index (χ0) is 22.6. The van der Waals surface area contributed by atoms with Gasteiger partial charge in [-0.3, -0.25) is 9.69 Å². The molecule has 0 aromatic carbocycles. The molecule has 10 heteroatoms. The molecule has 172 valence electrons. The van der Waals surface area contributed by atoms with E-state index in [1.54, 1.807) is 6.07 Å². The van der Waals surface area contributed by atoms with Crippen LogP contribution < -0.4 is 0 Å². The van der Waals surface area contributed by atoms with E-state index in [0.29, 0.717) is 10.9 Å². The van der Waals surface area contributed by atoms with E-state index < -0.39 is 11.9 Å². The maximum absolute atomic E-state index is 12.5. The summed E-state index contributed by atoms with van der Waals surface area (Å²) >= 11 is 1.39. The normalized spacial score (nSPS) is 21.0. The predicted molar refractivity (Wildman–Crippen MR) is 114 cm³/mol. The molecule has 1 atom stereocenters. The molecule has 2 saturated heterocycles. The number of carbonyl (C=O) groups is 1. The number of nitrogens with zero attached hydrogens (tertiary/aromatic N) is 4. The molecule has 1 amide bonds. The summed E-state index contributed by atoms with van der Waals surface area (Å²) in [6, 6.07) is 4.18. The van der Waals surface area contributed by atoms with Crippen molar-refractivity contribution in [3.63, 3.8) is 0 Å². The van der Waals surface area contributed by atoms with Gasteiger partial charge < -0.3 is 14.3 Å². The molecule has 2 aromatic rings. The fourth-order valence-electron chi connectivity index (χ4n) is 3.96. The van der Waals surface area contributed by atoms with Crippen LogP contribution in [0, 0.1) is 13.8 Å². The van der Waals surface area contributed by atoms with Gasteiger partial charge in [0.1, 0.15) is 5.69 Å². The summed E-state index contributed by atoms with van der Waals surface area (Å²) in [5, 5.41) is 3.48. The molecular weight excluding hydrogens is 429 g/mol. The highest BCUT2D eigenvalue weighted by molar-refractivity contribution is 7.15. The van der Waals surface area contributed by atoms with Crippen LogP contribution in [-0.2, 0) is 11.0 Å². The minimum atomic E-state index is -4.48. The number of aromatic nitrogens is 1. The van der Waals surface area contributed by atoms with Crippen molar-refractivity contribution in [3.05, 3.63) is 28.3 Å². The lowest BCUT2D eigenvalue weighted by Gasteiger charge is -2.41. The Labute approximate surface area is 184 Å². The Balaban J connectivity index is 0.000000176. The molecule has 0 N–H and O–H groups in total. The monoisotopic (exact) mass is 458 g/mol. The zero-order valence-electron chi connectivity index (χ0n) is 18.1. The van der Waals surface area contributed by atoms with Crippen LogP contribution in [0.25, 0.3) is 10.6 Å². The first-order valence-electron chi connectivity index (χ1n) is 10.4. The van der Waals surface area contributed by atoms with Crippen LogP contribution in [0.15, 0.2) is 16.7 Å². The van der Waals surface area contributed by atoms with Gasteiger partial charge in [-0.05, 0) is 45.9 Å². The first-order valence-corrected chi connectivity index (χ1v) is 11.2. The molecule has 0 bridgehead atoms. The van der Waals surface area contributed by atoms with Crippen LogP contribution in [0.4, 0.5) is 13.2 Å². The van der Waals surface area contributed by atoms with Gasteiger partial charge in [0.25, 0.3) is 0 Å². The second-order valence-electron chi connectivity index (χ2n) is 8.13. The Kier molecular flexibility index (Phi) is 7.77. The second-order valence-corrected chi connectivity index (χ2v) is 9.42. The largest absolute Gasteiger partial charge is 0.452 e. The van der Waals surface area contributed by atoms with Crippen molar-refractivity contribution in [2.45, 2.75) is 38.9 Å². The molecule has 2 fully saturated rings. The Hall–Kier alpha value is -1.91. The Morgan fingerprint density at radius 2 is 1.87 bits per heavy atom. The van der Waals surface area contributed by atoms with Gasteiger partial charge in [0.2, 0.25) is 12.2 Å². The molecule has 0 aliphatic carbocycles. The Morgan fingerprint density at radius 3 is 2.42 bits per heavy atom. The predicted octanol–water partition coefficient (Wildman–Crippen LogP) is 3.89. The van der Waals surface area contributed by atoms with Gasteiger partial charge in [0.15, 0.2) is 0 Å². The lowest BCUT2D eigenvalue weighted by atomic mass is 10.0. The van der Waals surface area contributed by atoms with E-state index >= 15 is 0 Å². The Morgan fingerprint density at radius 1 is 1.16 bits per heavy atom. The average Bonchev–Trinajstić information content (AvgIpc) is 3.34. The maximum atomic E-state index is 12.5. The van der Waals surface area contributed by atoms with Crippen molar-refractivity contribution in [1.29, 1.82) is 0 Å². The molecule has 2 aliphatic rings. The molecule has 1 unspecified atom stereocenters. The number of hydrogen-bond acceptors (Lipinski definition) is 6. The zero-order valence-corrected chi connectivity index (χ0v) is 18.9. The van der Waals surface area contributed by atoms with Gasteiger partial charge in [-0.2, -0.15) is 13.2 Å². The van der Waals surface area contributed by atoms with Crippen LogP contribution >= 0.6 is 11.3 Å². The number of piperazine rings is 1. The molecule has 4 rings (SSSR count). The van der Waals surface area contributed by atoms with Gasteiger partial charge in [-0.1, -0.05) is 5.16 Å². The Bertz CT molecular complexity index is 859. The lowest BCUT2D eigenvalue weighted by molar-refractivity contribution is -0.156. The first kappa shape index (κ1) is 23.7. The van der Waals surface area contributed by atoms with Gasteiger partial charge in [0, 0.05) is 55.8 Å². The number of amides is 1. The second kappa shape index (κ2) is 10.1. The molecule has 0 spiro atoms. The number of halogens is 3. The molecule has 0 radical (unpaired) electrons. The van der Waals surface area contributed by atoms with E-state index in [4.69, 9.17) is 0 Å². The first-order chi connectivity index (χ1) is 14.7. The van der Waals surface area contributed by atoms with E-state index in [1.165, 1.54) is 24.7 Å². The smallest absolute Gasteiger partial charge is 0.351 e. The highest BCUT2D eigenvalue weighted by Crippen LogP contribution is 2.37. The highest BCUT2D eigenvalue weighted by atomic mass is 32.1. The van der Waals surface area contributed by atoms with E-state index in [9.17, 15) is 18.0 Å². The van der Waals surface area contributed by atoms with Crippen LogP contribution in [0.1, 0.15) is 29.0 Å². The summed E-state index contributed by atoms with van der Waals surface area (Å²) in [7, 11) is 2.18. The molecule has 2 aromatic heterocycles. The lowest BCUT2D eigenvalue weighted by Crippen LogP contribution is -2.54. The third kappa shape index (κ3) is 6.08. The number of aryl methyl sites for hydroxylation is 1. The third-order valence-corrected chi connectivity index (χ3v) is 6.79. The van der Waals surface area contributed by atoms with Crippen molar-refractivity contribution in [2.75, 3.05) is 46.3 Å². The number of carbonyl (C=O) groups excluding carboxylic acids is 1. The molecule has 31 heavy (non-hydrogen) atoms. The van der Waals surface area contributed by atoms with Crippen molar-refractivity contribution in [1.82, 2.24) is 19.9 Å². The van der Waals surface area contributed by atoms with E-state index in [-0.39, 0.29) is 11.3 Å². The number of piperidine rings is 1. The SMILES string of the molecule is CN1CCN(C2CCCN(C=O)C2)CC1.Cc1ccc(-c2noc(C(F)(F)F)c2C)s1. The van der Waals surface area contributed by atoms with Crippen molar-refractivity contribution in [2.24, 2.45) is 0 Å². The topological polar surface area (TPSA) is 52.8 Å². The summed E-state index contributed by atoms with van der Waals surface area (Å²) in [5.74, 6) is -1.02. The molecule has 4 heterocycles. The highest BCUT2D eigenvalue weighted by Gasteiger charge is 2.39. The fourth-order valence-corrected chi connectivity index (χ4v) is 4.86. The van der Waals surface area contributed by atoms with Crippen LogP contribution in [0.2, 0.25) is 0 Å². The third-order valence-electron chi connectivity index (χ3n) is 5.79. The minimum Gasteiger partial charge on any atom is -0.351 e. The van der Waals surface area contributed by atoms with Crippen molar-refractivity contribution in [3.8, 4) is 10.6 Å². The van der Waals surface area contributed by atoms with E-state index in [2.05, 4.69) is 26.5 Å². The van der Waals surface area contributed by atoms with Crippen LogP contribution in [0.3, 0.4) is 0 Å². The quantitative estimate of drug-likeness (QED) is 0.654. The molecule has 6 nitrogen and oxygen atoms in total. The maximum Gasteiger partial charge on any atom is 0.452 e. The fraction of sp³-hybridized carbons (Fsp3) is 0.619. The summed E-state index contributed by atoms with van der Waals surface area (Å²) in [6.45, 7) is 9.79.